The lowest BCUT2D eigenvalue weighted by atomic mass is 10.1. The maximum atomic E-state index is 4.75. The first-order chi connectivity index (χ1) is 9.34. The van der Waals surface area contributed by atoms with E-state index < -0.39 is 0 Å². The van der Waals surface area contributed by atoms with Crippen LogP contribution in [0.15, 0.2) is 5.38 Å². The zero-order chi connectivity index (χ0) is 15.2. The fourth-order valence-electron chi connectivity index (χ4n) is 1.95. The highest BCUT2D eigenvalue weighted by molar-refractivity contribution is 7.09. The molecule has 3 nitrogen and oxygen atoms in total. The first kappa shape index (κ1) is 17.6. The molecule has 4 heteroatoms. The molecule has 0 saturated carbocycles. The fraction of sp³-hybridized carbons (Fsp3) is 0.812. The van der Waals surface area contributed by atoms with E-state index >= 15 is 0 Å². The minimum atomic E-state index is 0.151. The molecule has 20 heavy (non-hydrogen) atoms. The number of rotatable bonds is 8. The largest absolute Gasteiger partial charge is 0.306 e. The van der Waals surface area contributed by atoms with E-state index in [0.717, 1.165) is 25.6 Å². The highest BCUT2D eigenvalue weighted by Gasteiger charge is 2.12. The summed E-state index contributed by atoms with van der Waals surface area (Å²) in [7, 11) is 0. The van der Waals surface area contributed by atoms with Crippen molar-refractivity contribution in [3.8, 4) is 0 Å². The maximum Gasteiger partial charge on any atom is 0.107 e. The molecule has 0 aromatic carbocycles. The summed E-state index contributed by atoms with van der Waals surface area (Å²) in [6, 6.07) is 0. The van der Waals surface area contributed by atoms with Gasteiger partial charge in [0.2, 0.25) is 0 Å². The van der Waals surface area contributed by atoms with Crippen molar-refractivity contribution in [2.75, 3.05) is 13.1 Å². The van der Waals surface area contributed by atoms with Crippen LogP contribution in [0.25, 0.3) is 0 Å². The molecule has 0 bridgehead atoms. The lowest BCUT2D eigenvalue weighted by Gasteiger charge is -2.22. The Morgan fingerprint density at radius 1 is 1.35 bits per heavy atom. The van der Waals surface area contributed by atoms with E-state index in [9.17, 15) is 0 Å². The molecule has 1 aromatic rings. The van der Waals surface area contributed by atoms with E-state index in [0.29, 0.717) is 0 Å². The third-order valence-corrected chi connectivity index (χ3v) is 4.37. The molecule has 0 radical (unpaired) electrons. The second-order valence-corrected chi connectivity index (χ2v) is 7.62. The van der Waals surface area contributed by atoms with E-state index in [2.05, 4.69) is 57.1 Å². The molecule has 1 rings (SSSR count). The third-order valence-electron chi connectivity index (χ3n) is 3.47. The summed E-state index contributed by atoms with van der Waals surface area (Å²) >= 11 is 1.77. The van der Waals surface area contributed by atoms with Gasteiger partial charge in [-0.1, -0.05) is 27.2 Å². The van der Waals surface area contributed by atoms with Crippen LogP contribution in [0.1, 0.15) is 58.7 Å². The van der Waals surface area contributed by atoms with Crippen molar-refractivity contribution in [2.24, 2.45) is 5.92 Å². The molecule has 1 unspecified atom stereocenters. The Hall–Kier alpha value is -0.450. The van der Waals surface area contributed by atoms with Gasteiger partial charge in [0.25, 0.3) is 0 Å². The fourth-order valence-corrected chi connectivity index (χ4v) is 2.67. The van der Waals surface area contributed by atoms with Gasteiger partial charge in [-0.15, -0.1) is 11.3 Å². The van der Waals surface area contributed by atoms with Gasteiger partial charge >= 0.3 is 0 Å². The van der Waals surface area contributed by atoms with Gasteiger partial charge in [0, 0.05) is 30.6 Å². The molecule has 1 atom stereocenters. The molecule has 116 valence electrons. The van der Waals surface area contributed by atoms with Crippen LogP contribution in [0.5, 0.6) is 0 Å². The van der Waals surface area contributed by atoms with Gasteiger partial charge in [0.05, 0.1) is 5.69 Å². The summed E-state index contributed by atoms with van der Waals surface area (Å²) in [6.45, 7) is 17.5. The summed E-state index contributed by atoms with van der Waals surface area (Å²) in [4.78, 5) is 7.24. The van der Waals surface area contributed by atoms with Gasteiger partial charge in [0.1, 0.15) is 5.01 Å². The molecule has 0 aliphatic rings. The SMILES string of the molecule is CCC(C)CN(CC)Cc1csc(CNC(C)(C)C)n1. The zero-order valence-corrected chi connectivity index (χ0v) is 14.8. The first-order valence-electron chi connectivity index (χ1n) is 7.74. The molecule has 1 N–H and O–H groups in total. The molecule has 1 heterocycles. The van der Waals surface area contributed by atoms with E-state index in [-0.39, 0.29) is 5.54 Å². The van der Waals surface area contributed by atoms with Crippen LogP contribution in [-0.2, 0) is 13.1 Å². The Morgan fingerprint density at radius 3 is 2.60 bits per heavy atom. The van der Waals surface area contributed by atoms with Gasteiger partial charge in [-0.3, -0.25) is 4.90 Å². The van der Waals surface area contributed by atoms with Crippen LogP contribution >= 0.6 is 11.3 Å². The van der Waals surface area contributed by atoms with Crippen molar-refractivity contribution in [1.82, 2.24) is 15.2 Å². The Kier molecular flexibility index (Phi) is 7.13. The summed E-state index contributed by atoms with van der Waals surface area (Å²) in [5.41, 5.74) is 1.36. The minimum Gasteiger partial charge on any atom is -0.306 e. The predicted molar refractivity (Wildman–Crippen MR) is 89.1 cm³/mol. The molecule has 0 spiro atoms. The van der Waals surface area contributed by atoms with Crippen molar-refractivity contribution in [2.45, 2.75) is 66.6 Å². The van der Waals surface area contributed by atoms with Crippen molar-refractivity contribution in [3.63, 3.8) is 0 Å². The highest BCUT2D eigenvalue weighted by atomic mass is 32.1. The Labute approximate surface area is 128 Å². The van der Waals surface area contributed by atoms with E-state index in [1.54, 1.807) is 11.3 Å². The van der Waals surface area contributed by atoms with Crippen molar-refractivity contribution >= 4 is 11.3 Å². The van der Waals surface area contributed by atoms with Crippen molar-refractivity contribution in [1.29, 1.82) is 0 Å². The van der Waals surface area contributed by atoms with E-state index in [4.69, 9.17) is 4.98 Å². The monoisotopic (exact) mass is 297 g/mol. The van der Waals surface area contributed by atoms with Crippen LogP contribution in [-0.4, -0.2) is 28.5 Å². The first-order valence-corrected chi connectivity index (χ1v) is 8.62. The molecule has 0 amide bonds. The van der Waals surface area contributed by atoms with E-state index in [1.165, 1.54) is 23.7 Å². The number of nitrogens with zero attached hydrogens (tertiary/aromatic N) is 2. The zero-order valence-electron chi connectivity index (χ0n) is 14.0. The van der Waals surface area contributed by atoms with Gasteiger partial charge in [-0.25, -0.2) is 4.98 Å². The quantitative estimate of drug-likeness (QED) is 0.789. The predicted octanol–water partition coefficient (Wildman–Crippen LogP) is 3.90. The molecular weight excluding hydrogens is 266 g/mol. The molecular formula is C16H31N3S. The number of hydrogen-bond acceptors (Lipinski definition) is 4. The molecule has 0 saturated heterocycles. The van der Waals surface area contributed by atoms with Gasteiger partial charge in [-0.05, 0) is 33.2 Å². The van der Waals surface area contributed by atoms with Crippen LogP contribution < -0.4 is 5.32 Å². The maximum absolute atomic E-state index is 4.75. The second-order valence-electron chi connectivity index (χ2n) is 6.68. The molecule has 0 fully saturated rings. The summed E-state index contributed by atoms with van der Waals surface area (Å²) in [5, 5.41) is 6.89. The average molecular weight is 298 g/mol. The Morgan fingerprint density at radius 2 is 2.05 bits per heavy atom. The van der Waals surface area contributed by atoms with Crippen LogP contribution in [0.3, 0.4) is 0 Å². The van der Waals surface area contributed by atoms with Gasteiger partial charge in [0.15, 0.2) is 0 Å². The number of thiazole rings is 1. The van der Waals surface area contributed by atoms with Crippen LogP contribution in [0, 0.1) is 5.92 Å². The molecule has 1 aromatic heterocycles. The topological polar surface area (TPSA) is 28.2 Å². The summed E-state index contributed by atoms with van der Waals surface area (Å²) < 4.78 is 0. The van der Waals surface area contributed by atoms with Crippen LogP contribution in [0.2, 0.25) is 0 Å². The van der Waals surface area contributed by atoms with Crippen molar-refractivity contribution in [3.05, 3.63) is 16.1 Å². The Balaban J connectivity index is 2.49. The highest BCUT2D eigenvalue weighted by Crippen LogP contribution is 2.14. The average Bonchev–Trinajstić information content (AvgIpc) is 2.82. The minimum absolute atomic E-state index is 0.151. The second kappa shape index (κ2) is 8.11. The lowest BCUT2D eigenvalue weighted by molar-refractivity contribution is 0.236. The van der Waals surface area contributed by atoms with Gasteiger partial charge < -0.3 is 5.32 Å². The standard InChI is InChI=1S/C16H31N3S/c1-7-13(3)10-19(8-2)11-14-12-20-15(18-14)9-17-16(4,5)6/h12-13,17H,7-11H2,1-6H3. The summed E-state index contributed by atoms with van der Waals surface area (Å²) in [6.07, 6.45) is 1.24. The van der Waals surface area contributed by atoms with E-state index in [1.807, 2.05) is 0 Å². The van der Waals surface area contributed by atoms with Crippen LogP contribution in [0.4, 0.5) is 0 Å². The molecule has 0 aliphatic carbocycles. The van der Waals surface area contributed by atoms with Crippen molar-refractivity contribution < 1.29 is 0 Å². The number of aromatic nitrogens is 1. The smallest absolute Gasteiger partial charge is 0.107 e. The lowest BCUT2D eigenvalue weighted by Crippen LogP contribution is -2.35. The summed E-state index contributed by atoms with van der Waals surface area (Å²) in [5.74, 6) is 0.760. The third kappa shape index (κ3) is 6.82. The number of nitrogens with one attached hydrogen (secondary N) is 1. The Bertz CT molecular complexity index is 381. The van der Waals surface area contributed by atoms with Gasteiger partial charge in [-0.2, -0.15) is 0 Å². The number of hydrogen-bond donors (Lipinski definition) is 1. The normalized spacial score (nSPS) is 13.9. The molecule has 0 aliphatic heterocycles.